The van der Waals surface area contributed by atoms with Gasteiger partial charge in [0.2, 0.25) is 5.91 Å². The summed E-state index contributed by atoms with van der Waals surface area (Å²) in [7, 11) is 0. The fourth-order valence-corrected chi connectivity index (χ4v) is 4.66. The van der Waals surface area contributed by atoms with E-state index in [-0.39, 0.29) is 12.5 Å². The molecule has 0 saturated carbocycles. The zero-order valence-corrected chi connectivity index (χ0v) is 24.7. The van der Waals surface area contributed by atoms with Crippen LogP contribution in [0, 0.1) is 0 Å². The lowest BCUT2D eigenvalue weighted by Crippen LogP contribution is -2.45. The van der Waals surface area contributed by atoms with E-state index >= 15 is 0 Å². The second-order valence-corrected chi connectivity index (χ2v) is 10.9. The number of aliphatic hydroxyl groups excluding tert-OH is 2. The van der Waals surface area contributed by atoms with E-state index in [1.165, 1.54) is 109 Å². The lowest BCUT2D eigenvalue weighted by atomic mass is 10.1. The molecule has 0 aromatic heterocycles. The highest BCUT2D eigenvalue weighted by Gasteiger charge is 2.17. The molecule has 2 atom stereocenters. The van der Waals surface area contributed by atoms with Crippen LogP contribution in [0.3, 0.4) is 0 Å². The SMILES string of the molecule is CCCCCCCCCCCC/C=C/CC/C=C/C(O)C(CO)NC(=O)CCCCCCCCCCC. The Kier molecular flexibility index (Phi) is 28.5. The minimum atomic E-state index is -0.854. The number of hydrogen-bond donors (Lipinski definition) is 3. The van der Waals surface area contributed by atoms with E-state index in [0.29, 0.717) is 6.42 Å². The summed E-state index contributed by atoms with van der Waals surface area (Å²) in [5.41, 5.74) is 0. The second-order valence-electron chi connectivity index (χ2n) is 10.9. The zero-order chi connectivity index (χ0) is 27.2. The molecule has 0 saturated heterocycles. The molecule has 218 valence electrons. The summed E-state index contributed by atoms with van der Waals surface area (Å²) in [5, 5.41) is 22.7. The molecule has 0 aliphatic rings. The molecule has 0 heterocycles. The van der Waals surface area contributed by atoms with Gasteiger partial charge < -0.3 is 15.5 Å². The topological polar surface area (TPSA) is 69.6 Å². The highest BCUT2D eigenvalue weighted by atomic mass is 16.3. The Hall–Kier alpha value is -1.13. The van der Waals surface area contributed by atoms with Crippen LogP contribution in [0.4, 0.5) is 0 Å². The van der Waals surface area contributed by atoms with Crippen LogP contribution < -0.4 is 5.32 Å². The van der Waals surface area contributed by atoms with Crippen LogP contribution in [0.25, 0.3) is 0 Å². The fourth-order valence-electron chi connectivity index (χ4n) is 4.66. The minimum Gasteiger partial charge on any atom is -0.394 e. The Morgan fingerprint density at radius 3 is 1.57 bits per heavy atom. The molecule has 4 nitrogen and oxygen atoms in total. The molecule has 0 aliphatic carbocycles. The third-order valence-electron chi connectivity index (χ3n) is 7.19. The van der Waals surface area contributed by atoms with Crippen molar-refractivity contribution in [1.29, 1.82) is 0 Å². The monoisotopic (exact) mass is 521 g/mol. The van der Waals surface area contributed by atoms with Gasteiger partial charge in [-0.3, -0.25) is 4.79 Å². The van der Waals surface area contributed by atoms with Gasteiger partial charge in [0.1, 0.15) is 0 Å². The molecule has 37 heavy (non-hydrogen) atoms. The highest BCUT2D eigenvalue weighted by molar-refractivity contribution is 5.76. The van der Waals surface area contributed by atoms with E-state index < -0.39 is 12.1 Å². The lowest BCUT2D eigenvalue weighted by Gasteiger charge is -2.19. The largest absolute Gasteiger partial charge is 0.394 e. The molecule has 2 unspecified atom stereocenters. The maximum Gasteiger partial charge on any atom is 0.220 e. The predicted octanol–water partition coefficient (Wildman–Crippen LogP) is 8.95. The highest BCUT2D eigenvalue weighted by Crippen LogP contribution is 2.12. The first-order valence-corrected chi connectivity index (χ1v) is 16.1. The van der Waals surface area contributed by atoms with Crippen molar-refractivity contribution in [2.45, 2.75) is 174 Å². The van der Waals surface area contributed by atoms with Gasteiger partial charge in [0.05, 0.1) is 18.8 Å². The summed E-state index contributed by atoms with van der Waals surface area (Å²) >= 11 is 0. The maximum atomic E-state index is 12.2. The molecule has 0 bridgehead atoms. The van der Waals surface area contributed by atoms with Crippen molar-refractivity contribution in [3.05, 3.63) is 24.3 Å². The van der Waals surface area contributed by atoms with Crippen molar-refractivity contribution in [2.75, 3.05) is 6.61 Å². The predicted molar refractivity (Wildman–Crippen MR) is 161 cm³/mol. The number of carbonyl (C=O) groups excluding carboxylic acids is 1. The van der Waals surface area contributed by atoms with Crippen molar-refractivity contribution < 1.29 is 15.0 Å². The molecule has 4 heteroatoms. The Labute approximate surface area is 230 Å². The van der Waals surface area contributed by atoms with Crippen molar-refractivity contribution in [1.82, 2.24) is 5.32 Å². The molecule has 0 fully saturated rings. The van der Waals surface area contributed by atoms with Crippen molar-refractivity contribution >= 4 is 5.91 Å². The average molecular weight is 522 g/mol. The van der Waals surface area contributed by atoms with Gasteiger partial charge in [0, 0.05) is 6.42 Å². The Balaban J connectivity index is 3.71. The lowest BCUT2D eigenvalue weighted by molar-refractivity contribution is -0.123. The summed E-state index contributed by atoms with van der Waals surface area (Å²) in [5.74, 6) is -0.0793. The smallest absolute Gasteiger partial charge is 0.220 e. The van der Waals surface area contributed by atoms with E-state index in [2.05, 4.69) is 31.3 Å². The van der Waals surface area contributed by atoms with Gasteiger partial charge in [-0.25, -0.2) is 0 Å². The van der Waals surface area contributed by atoms with Gasteiger partial charge in [-0.05, 0) is 32.1 Å². The van der Waals surface area contributed by atoms with E-state index in [4.69, 9.17) is 0 Å². The summed E-state index contributed by atoms with van der Waals surface area (Å²) in [6.45, 7) is 4.25. The van der Waals surface area contributed by atoms with Gasteiger partial charge in [0.15, 0.2) is 0 Å². The molecule has 0 rings (SSSR count). The quantitative estimate of drug-likeness (QED) is 0.0711. The van der Waals surface area contributed by atoms with Crippen LogP contribution in [0.2, 0.25) is 0 Å². The summed E-state index contributed by atoms with van der Waals surface area (Å²) < 4.78 is 0. The zero-order valence-electron chi connectivity index (χ0n) is 24.7. The third kappa shape index (κ3) is 26.3. The van der Waals surface area contributed by atoms with Crippen LogP contribution in [0.1, 0.15) is 162 Å². The Morgan fingerprint density at radius 1 is 0.622 bits per heavy atom. The van der Waals surface area contributed by atoms with Crippen molar-refractivity contribution in [2.24, 2.45) is 0 Å². The van der Waals surface area contributed by atoms with E-state index in [0.717, 1.165) is 32.1 Å². The van der Waals surface area contributed by atoms with E-state index in [9.17, 15) is 15.0 Å². The van der Waals surface area contributed by atoms with Crippen molar-refractivity contribution in [3.63, 3.8) is 0 Å². The van der Waals surface area contributed by atoms with Gasteiger partial charge in [-0.2, -0.15) is 0 Å². The number of allylic oxidation sites excluding steroid dienone is 3. The summed E-state index contributed by atoms with van der Waals surface area (Å²) in [6, 6.07) is -0.630. The summed E-state index contributed by atoms with van der Waals surface area (Å²) in [6.07, 6.45) is 35.4. The summed E-state index contributed by atoms with van der Waals surface area (Å²) in [4.78, 5) is 12.2. The first-order chi connectivity index (χ1) is 18.2. The van der Waals surface area contributed by atoms with Gasteiger partial charge >= 0.3 is 0 Å². The van der Waals surface area contributed by atoms with Crippen LogP contribution in [-0.2, 0) is 4.79 Å². The van der Waals surface area contributed by atoms with Gasteiger partial charge in [-0.15, -0.1) is 0 Å². The fraction of sp³-hybridized carbons (Fsp3) is 0.848. The number of hydrogen-bond acceptors (Lipinski definition) is 3. The number of unbranched alkanes of at least 4 members (excludes halogenated alkanes) is 19. The van der Waals surface area contributed by atoms with Crippen LogP contribution in [0.15, 0.2) is 24.3 Å². The van der Waals surface area contributed by atoms with E-state index in [1.807, 2.05) is 6.08 Å². The number of aliphatic hydroxyl groups is 2. The molecule has 0 aliphatic heterocycles. The standard InChI is InChI=1S/C33H63NO3/c1-3-5-7-9-11-13-14-15-16-17-18-19-21-22-24-26-28-32(36)31(30-35)34-33(37)29-27-25-23-20-12-10-8-6-4-2/h19,21,26,28,31-32,35-36H,3-18,20,22-25,27,29-30H2,1-2H3,(H,34,37)/b21-19+,28-26+. The minimum absolute atomic E-state index is 0.0793. The molecule has 0 radical (unpaired) electrons. The third-order valence-corrected chi connectivity index (χ3v) is 7.19. The second kappa shape index (κ2) is 29.4. The van der Waals surface area contributed by atoms with Gasteiger partial charge in [0.25, 0.3) is 0 Å². The van der Waals surface area contributed by atoms with E-state index in [1.54, 1.807) is 6.08 Å². The first-order valence-electron chi connectivity index (χ1n) is 16.1. The average Bonchev–Trinajstić information content (AvgIpc) is 2.90. The Morgan fingerprint density at radius 2 is 1.05 bits per heavy atom. The normalized spacial score (nSPS) is 13.5. The number of nitrogens with one attached hydrogen (secondary N) is 1. The van der Waals surface area contributed by atoms with Gasteiger partial charge in [-0.1, -0.05) is 147 Å². The Bertz CT molecular complexity index is 532. The molecule has 3 N–H and O–H groups in total. The molecule has 0 aromatic rings. The maximum absolute atomic E-state index is 12.2. The number of carbonyl (C=O) groups is 1. The van der Waals surface area contributed by atoms with Crippen LogP contribution in [-0.4, -0.2) is 34.9 Å². The number of rotatable bonds is 28. The molecular weight excluding hydrogens is 458 g/mol. The van der Waals surface area contributed by atoms with Crippen LogP contribution >= 0.6 is 0 Å². The number of amides is 1. The molecule has 1 amide bonds. The first kappa shape index (κ1) is 35.9. The molecule has 0 aromatic carbocycles. The molecule has 0 spiro atoms. The van der Waals surface area contributed by atoms with Crippen molar-refractivity contribution in [3.8, 4) is 0 Å². The molecular formula is C33H63NO3. The van der Waals surface area contributed by atoms with Crippen LogP contribution in [0.5, 0.6) is 0 Å².